The Hall–Kier alpha value is -1.55. The summed E-state index contributed by atoms with van der Waals surface area (Å²) in [6.07, 6.45) is 1.71. The third kappa shape index (κ3) is 3.70. The Morgan fingerprint density at radius 3 is 2.63 bits per heavy atom. The maximum atomic E-state index is 10.9. The molecule has 0 bridgehead atoms. The topological polar surface area (TPSA) is 58.6 Å². The van der Waals surface area contributed by atoms with E-state index in [2.05, 4.69) is 5.32 Å². The van der Waals surface area contributed by atoms with Gasteiger partial charge in [-0.1, -0.05) is 17.7 Å². The fourth-order valence-electron chi connectivity index (χ4n) is 2.26. The van der Waals surface area contributed by atoms with E-state index in [4.69, 9.17) is 9.84 Å². The van der Waals surface area contributed by atoms with E-state index in [1.165, 1.54) is 5.56 Å². The Morgan fingerprint density at radius 2 is 2.11 bits per heavy atom. The highest BCUT2D eigenvalue weighted by molar-refractivity contribution is 5.72. The summed E-state index contributed by atoms with van der Waals surface area (Å²) in [4.78, 5) is 10.9. The van der Waals surface area contributed by atoms with Crippen LogP contribution in [0.5, 0.6) is 5.75 Å². The summed E-state index contributed by atoms with van der Waals surface area (Å²) in [6, 6.07) is 8.17. The molecule has 4 nitrogen and oxygen atoms in total. The van der Waals surface area contributed by atoms with Crippen molar-refractivity contribution in [2.75, 3.05) is 6.61 Å². The molecule has 1 aliphatic carbocycles. The van der Waals surface area contributed by atoms with Gasteiger partial charge in [0.1, 0.15) is 12.4 Å². The van der Waals surface area contributed by atoms with Crippen LogP contribution in [0.2, 0.25) is 0 Å². The molecule has 0 amide bonds. The van der Waals surface area contributed by atoms with Gasteiger partial charge in [-0.15, -0.1) is 0 Å². The van der Waals surface area contributed by atoms with E-state index >= 15 is 0 Å². The van der Waals surface area contributed by atoms with E-state index in [0.717, 1.165) is 18.6 Å². The summed E-state index contributed by atoms with van der Waals surface area (Å²) < 4.78 is 5.68. The van der Waals surface area contributed by atoms with Gasteiger partial charge < -0.3 is 15.2 Å². The zero-order valence-corrected chi connectivity index (χ0v) is 11.4. The highest BCUT2D eigenvalue weighted by Gasteiger charge is 2.36. The lowest BCUT2D eigenvalue weighted by Gasteiger charge is -2.36. The van der Waals surface area contributed by atoms with Crippen LogP contribution in [0.4, 0.5) is 0 Å². The van der Waals surface area contributed by atoms with E-state index in [9.17, 15) is 4.79 Å². The van der Waals surface area contributed by atoms with E-state index in [-0.39, 0.29) is 18.0 Å². The van der Waals surface area contributed by atoms with Crippen molar-refractivity contribution >= 4 is 5.97 Å². The number of carboxylic acid groups (broad SMARTS) is 1. The van der Waals surface area contributed by atoms with Crippen LogP contribution < -0.4 is 10.1 Å². The monoisotopic (exact) mass is 263 g/mol. The molecule has 2 N–H and O–H groups in total. The van der Waals surface area contributed by atoms with Crippen molar-refractivity contribution in [2.45, 2.75) is 38.8 Å². The fourth-order valence-corrected chi connectivity index (χ4v) is 2.26. The molecule has 0 spiro atoms. The Morgan fingerprint density at radius 1 is 1.42 bits per heavy atom. The molecule has 0 heterocycles. The van der Waals surface area contributed by atoms with Gasteiger partial charge in [0.25, 0.3) is 0 Å². The second-order valence-electron chi connectivity index (χ2n) is 5.32. The smallest absolute Gasteiger partial charge is 0.308 e. The molecule has 2 rings (SSSR count). The number of ether oxygens (including phenoxy) is 1. The van der Waals surface area contributed by atoms with Gasteiger partial charge in [0.2, 0.25) is 0 Å². The molecular formula is C15H21NO3. The van der Waals surface area contributed by atoms with Crippen molar-refractivity contribution in [1.82, 2.24) is 5.32 Å². The predicted octanol–water partition coefficient (Wildman–Crippen LogP) is 2.22. The Balaban J connectivity index is 1.74. The van der Waals surface area contributed by atoms with Crippen LogP contribution in [0, 0.1) is 12.8 Å². The summed E-state index contributed by atoms with van der Waals surface area (Å²) in [7, 11) is 0. The van der Waals surface area contributed by atoms with Crippen molar-refractivity contribution in [3.63, 3.8) is 0 Å². The number of aryl methyl sites for hydroxylation is 1. The van der Waals surface area contributed by atoms with Crippen molar-refractivity contribution in [1.29, 1.82) is 0 Å². The molecule has 1 aromatic carbocycles. The van der Waals surface area contributed by atoms with Gasteiger partial charge in [0.15, 0.2) is 0 Å². The van der Waals surface area contributed by atoms with E-state index in [0.29, 0.717) is 6.61 Å². The van der Waals surface area contributed by atoms with Gasteiger partial charge in [-0.25, -0.2) is 0 Å². The predicted molar refractivity (Wildman–Crippen MR) is 73.4 cm³/mol. The summed E-state index contributed by atoms with van der Waals surface area (Å²) >= 11 is 0. The van der Waals surface area contributed by atoms with Crippen LogP contribution >= 0.6 is 0 Å². The number of rotatable bonds is 6. The number of carbonyl (C=O) groups is 1. The first-order valence-electron chi connectivity index (χ1n) is 6.74. The van der Waals surface area contributed by atoms with Gasteiger partial charge in [-0.2, -0.15) is 0 Å². The van der Waals surface area contributed by atoms with Gasteiger partial charge in [-0.05, 0) is 38.8 Å². The van der Waals surface area contributed by atoms with Gasteiger partial charge >= 0.3 is 5.97 Å². The summed E-state index contributed by atoms with van der Waals surface area (Å²) in [6.45, 7) is 4.61. The molecule has 104 valence electrons. The second-order valence-corrected chi connectivity index (χ2v) is 5.32. The number of aliphatic carboxylic acids is 1. The first-order valence-corrected chi connectivity index (χ1v) is 6.74. The minimum absolute atomic E-state index is 0.0918. The maximum Gasteiger partial charge on any atom is 0.308 e. The normalized spacial score (nSPS) is 23.5. The Bertz CT molecular complexity index is 430. The number of benzene rings is 1. The van der Waals surface area contributed by atoms with Gasteiger partial charge in [0.05, 0.1) is 5.92 Å². The number of hydrogen-bond acceptors (Lipinski definition) is 3. The molecule has 1 aliphatic rings. The van der Waals surface area contributed by atoms with Crippen LogP contribution in [0.15, 0.2) is 24.3 Å². The largest absolute Gasteiger partial charge is 0.492 e. The average molecular weight is 263 g/mol. The minimum atomic E-state index is -0.699. The van der Waals surface area contributed by atoms with Crippen molar-refractivity contribution in [3.8, 4) is 5.75 Å². The van der Waals surface area contributed by atoms with Crippen molar-refractivity contribution in [2.24, 2.45) is 5.92 Å². The fraction of sp³-hybridized carbons (Fsp3) is 0.533. The zero-order valence-electron chi connectivity index (χ0n) is 11.4. The van der Waals surface area contributed by atoms with E-state index in [1.54, 1.807) is 0 Å². The van der Waals surface area contributed by atoms with Crippen molar-refractivity contribution in [3.05, 3.63) is 29.8 Å². The highest BCUT2D eigenvalue weighted by atomic mass is 16.5. The van der Waals surface area contributed by atoms with Gasteiger partial charge in [-0.3, -0.25) is 4.79 Å². The molecule has 4 heteroatoms. The van der Waals surface area contributed by atoms with Crippen LogP contribution in [0.1, 0.15) is 25.3 Å². The molecule has 0 aromatic heterocycles. The quantitative estimate of drug-likeness (QED) is 0.826. The van der Waals surface area contributed by atoms with Crippen LogP contribution in [-0.2, 0) is 4.79 Å². The lowest BCUT2D eigenvalue weighted by molar-refractivity contribution is -0.146. The third-order valence-electron chi connectivity index (χ3n) is 3.61. The van der Waals surface area contributed by atoms with Crippen LogP contribution in [0.25, 0.3) is 0 Å². The molecule has 0 radical (unpaired) electrons. The number of nitrogens with one attached hydrogen (secondary N) is 1. The SMILES string of the molecule is Cc1ccc(OCC(C)NC2CCC2C(=O)O)cc1. The molecule has 1 fully saturated rings. The summed E-state index contributed by atoms with van der Waals surface area (Å²) in [5.74, 6) is -0.0835. The highest BCUT2D eigenvalue weighted by Crippen LogP contribution is 2.27. The van der Waals surface area contributed by atoms with E-state index in [1.807, 2.05) is 38.1 Å². The third-order valence-corrected chi connectivity index (χ3v) is 3.61. The maximum absolute atomic E-state index is 10.9. The molecule has 0 saturated heterocycles. The molecular weight excluding hydrogens is 242 g/mol. The number of hydrogen-bond donors (Lipinski definition) is 2. The standard InChI is InChI=1S/C15H21NO3/c1-10-3-5-12(6-4-10)19-9-11(2)16-14-8-7-13(14)15(17)18/h3-6,11,13-14,16H,7-9H2,1-2H3,(H,17,18). The lowest BCUT2D eigenvalue weighted by atomic mass is 9.79. The summed E-state index contributed by atoms with van der Waals surface area (Å²) in [5.41, 5.74) is 1.21. The Labute approximate surface area is 113 Å². The minimum Gasteiger partial charge on any atom is -0.492 e. The molecule has 1 aromatic rings. The first-order chi connectivity index (χ1) is 9.06. The zero-order chi connectivity index (χ0) is 13.8. The number of carboxylic acids is 1. The second kappa shape index (κ2) is 6.06. The van der Waals surface area contributed by atoms with Crippen LogP contribution in [0.3, 0.4) is 0 Å². The molecule has 19 heavy (non-hydrogen) atoms. The summed E-state index contributed by atoms with van der Waals surface area (Å²) in [5, 5.41) is 12.3. The van der Waals surface area contributed by atoms with Gasteiger partial charge in [0, 0.05) is 12.1 Å². The Kier molecular flexibility index (Phi) is 4.43. The van der Waals surface area contributed by atoms with Crippen LogP contribution in [-0.4, -0.2) is 29.8 Å². The van der Waals surface area contributed by atoms with E-state index < -0.39 is 5.97 Å². The molecule has 0 aliphatic heterocycles. The molecule has 1 saturated carbocycles. The first kappa shape index (κ1) is 13.9. The molecule has 3 unspecified atom stereocenters. The average Bonchev–Trinajstić information content (AvgIpc) is 2.33. The lowest BCUT2D eigenvalue weighted by Crippen LogP contribution is -2.52. The van der Waals surface area contributed by atoms with Crippen molar-refractivity contribution < 1.29 is 14.6 Å². The molecule has 3 atom stereocenters.